The van der Waals surface area contributed by atoms with Crippen molar-refractivity contribution in [2.24, 2.45) is 0 Å². The van der Waals surface area contributed by atoms with Crippen LogP contribution in [0.15, 0.2) is 89.3 Å². The number of benzene rings is 3. The van der Waals surface area contributed by atoms with Crippen LogP contribution in [0, 0.1) is 0 Å². The lowest BCUT2D eigenvalue weighted by Gasteiger charge is -2.37. The molecule has 0 fully saturated rings. The molecular weight excluding hydrogens is 554 g/mol. The fraction of sp³-hybridized carbons (Fsp3) is 0.333. The van der Waals surface area contributed by atoms with Crippen LogP contribution < -0.4 is 29.7 Å². The number of rotatable bonds is 10. The average Bonchev–Trinajstić information content (AvgIpc) is 3.04. The standard InChI is InChI=1S/C36H41N3O5/c1-7-39(8-2)26-16-13-23(14-17-26)34-33(36(41)38-27-11-9-10-12-30(27)42-4)22(3)37-28-19-25(20-29(40)35(28)34)24-15-18-31(43-5)32(21-24)44-6/h9-18,21,25,34,37H,7-8,19-20H2,1-6H3,(H,38,41)/t25-,34-/m0/s1. The van der Waals surface area contributed by atoms with Gasteiger partial charge in [0.15, 0.2) is 17.3 Å². The number of hydrogen-bond donors (Lipinski definition) is 2. The van der Waals surface area contributed by atoms with Gasteiger partial charge in [0.25, 0.3) is 5.91 Å². The number of methoxy groups -OCH3 is 3. The van der Waals surface area contributed by atoms with E-state index >= 15 is 0 Å². The Kier molecular flexibility index (Phi) is 9.28. The number of anilines is 2. The quantitative estimate of drug-likeness (QED) is 0.274. The molecule has 0 spiro atoms. The molecule has 8 heteroatoms. The van der Waals surface area contributed by atoms with Crippen molar-refractivity contribution in [2.75, 3.05) is 44.6 Å². The lowest BCUT2D eigenvalue weighted by atomic mass is 9.71. The molecule has 230 valence electrons. The molecule has 3 aromatic carbocycles. The number of carbonyl (C=O) groups is 2. The highest BCUT2D eigenvalue weighted by molar-refractivity contribution is 6.10. The van der Waals surface area contributed by atoms with Gasteiger partial charge in [0.1, 0.15) is 5.75 Å². The van der Waals surface area contributed by atoms with Gasteiger partial charge < -0.3 is 29.7 Å². The fourth-order valence-electron chi connectivity index (χ4n) is 6.42. The Hall–Kier alpha value is -4.72. The molecule has 1 heterocycles. The molecule has 1 aliphatic carbocycles. The minimum atomic E-state index is -0.523. The van der Waals surface area contributed by atoms with Crippen LogP contribution in [-0.2, 0) is 9.59 Å². The highest BCUT2D eigenvalue weighted by atomic mass is 16.5. The number of ether oxygens (including phenoxy) is 3. The van der Waals surface area contributed by atoms with E-state index in [9.17, 15) is 9.59 Å². The van der Waals surface area contributed by atoms with Gasteiger partial charge in [0.05, 0.1) is 27.0 Å². The summed E-state index contributed by atoms with van der Waals surface area (Å²) in [6, 6.07) is 21.4. The second-order valence-corrected chi connectivity index (χ2v) is 11.0. The highest BCUT2D eigenvalue weighted by Crippen LogP contribution is 2.47. The molecule has 0 bridgehead atoms. The Morgan fingerprint density at radius 2 is 1.52 bits per heavy atom. The van der Waals surface area contributed by atoms with Gasteiger partial charge in [0.2, 0.25) is 0 Å². The maximum absolute atomic E-state index is 14.1. The number of Topliss-reactive ketones (excluding diaryl/α,β-unsaturated/α-hetero) is 1. The molecule has 1 aliphatic heterocycles. The third-order valence-electron chi connectivity index (χ3n) is 8.66. The van der Waals surface area contributed by atoms with Gasteiger partial charge in [-0.1, -0.05) is 30.3 Å². The van der Waals surface area contributed by atoms with E-state index in [1.165, 1.54) is 0 Å². The zero-order chi connectivity index (χ0) is 31.4. The molecule has 8 nitrogen and oxygen atoms in total. The van der Waals surface area contributed by atoms with E-state index in [0.29, 0.717) is 46.9 Å². The van der Waals surface area contributed by atoms with Crippen molar-refractivity contribution in [1.82, 2.24) is 5.32 Å². The predicted molar refractivity (Wildman–Crippen MR) is 174 cm³/mol. The van der Waals surface area contributed by atoms with Crippen molar-refractivity contribution in [3.63, 3.8) is 0 Å². The topological polar surface area (TPSA) is 89.1 Å². The molecule has 0 saturated carbocycles. The first-order valence-electron chi connectivity index (χ1n) is 15.1. The third-order valence-corrected chi connectivity index (χ3v) is 8.66. The van der Waals surface area contributed by atoms with Crippen molar-refractivity contribution in [3.8, 4) is 17.2 Å². The van der Waals surface area contributed by atoms with Crippen LogP contribution in [0.3, 0.4) is 0 Å². The van der Waals surface area contributed by atoms with Gasteiger partial charge >= 0.3 is 0 Å². The van der Waals surface area contributed by atoms with Crippen LogP contribution in [0.2, 0.25) is 0 Å². The predicted octanol–water partition coefficient (Wildman–Crippen LogP) is 6.56. The van der Waals surface area contributed by atoms with Crippen molar-refractivity contribution in [3.05, 3.63) is 100 Å². The summed E-state index contributed by atoms with van der Waals surface area (Å²) >= 11 is 0. The summed E-state index contributed by atoms with van der Waals surface area (Å²) in [7, 11) is 4.79. The minimum absolute atomic E-state index is 0.0199. The summed E-state index contributed by atoms with van der Waals surface area (Å²) in [6.07, 6.45) is 0.952. The molecule has 2 atom stereocenters. The van der Waals surface area contributed by atoms with E-state index in [1.807, 2.05) is 49.4 Å². The zero-order valence-corrected chi connectivity index (χ0v) is 26.3. The molecule has 0 unspecified atom stereocenters. The largest absolute Gasteiger partial charge is 0.495 e. The first kappa shape index (κ1) is 30.7. The summed E-state index contributed by atoms with van der Waals surface area (Å²) in [6.45, 7) is 7.94. The van der Waals surface area contributed by atoms with Crippen molar-refractivity contribution in [1.29, 1.82) is 0 Å². The van der Waals surface area contributed by atoms with Crippen molar-refractivity contribution < 1.29 is 23.8 Å². The molecule has 0 aromatic heterocycles. The van der Waals surface area contributed by atoms with Crippen LogP contribution in [-0.4, -0.2) is 46.1 Å². The van der Waals surface area contributed by atoms with Gasteiger partial charge in [-0.2, -0.15) is 0 Å². The monoisotopic (exact) mass is 595 g/mol. The van der Waals surface area contributed by atoms with Crippen LogP contribution in [0.25, 0.3) is 0 Å². The zero-order valence-electron chi connectivity index (χ0n) is 26.3. The summed E-state index contributed by atoms with van der Waals surface area (Å²) in [5, 5.41) is 6.52. The van der Waals surface area contributed by atoms with Gasteiger partial charge in [-0.3, -0.25) is 9.59 Å². The number of para-hydroxylation sites is 2. The van der Waals surface area contributed by atoms with Crippen LogP contribution in [0.1, 0.15) is 56.6 Å². The summed E-state index contributed by atoms with van der Waals surface area (Å²) in [5.41, 5.74) is 6.31. The lowest BCUT2D eigenvalue weighted by Crippen LogP contribution is -2.37. The molecule has 5 rings (SSSR count). The molecule has 44 heavy (non-hydrogen) atoms. The second-order valence-electron chi connectivity index (χ2n) is 11.0. The Morgan fingerprint density at radius 3 is 2.18 bits per heavy atom. The molecule has 1 amide bonds. The number of hydrogen-bond acceptors (Lipinski definition) is 7. The number of amides is 1. The molecular formula is C36H41N3O5. The van der Waals surface area contributed by atoms with E-state index in [1.54, 1.807) is 33.5 Å². The molecule has 0 radical (unpaired) electrons. The molecule has 2 aliphatic rings. The Bertz CT molecular complexity index is 1600. The normalized spacial score (nSPS) is 17.9. The highest BCUT2D eigenvalue weighted by Gasteiger charge is 2.41. The van der Waals surface area contributed by atoms with E-state index < -0.39 is 5.92 Å². The van der Waals surface area contributed by atoms with Gasteiger partial charge in [-0.25, -0.2) is 0 Å². The maximum atomic E-state index is 14.1. The second kappa shape index (κ2) is 13.3. The summed E-state index contributed by atoms with van der Waals surface area (Å²) in [5.74, 6) is 1.01. The number of nitrogens with zero attached hydrogens (tertiary/aromatic N) is 1. The number of carbonyl (C=O) groups excluding carboxylic acids is 2. The number of allylic oxidation sites excluding steroid dienone is 3. The number of ketones is 1. The van der Waals surface area contributed by atoms with Gasteiger partial charge in [-0.15, -0.1) is 0 Å². The van der Waals surface area contributed by atoms with Gasteiger partial charge in [0, 0.05) is 53.7 Å². The number of nitrogens with one attached hydrogen (secondary N) is 2. The van der Waals surface area contributed by atoms with Crippen molar-refractivity contribution in [2.45, 2.75) is 45.4 Å². The average molecular weight is 596 g/mol. The smallest absolute Gasteiger partial charge is 0.254 e. The first-order valence-corrected chi connectivity index (χ1v) is 15.1. The first-order chi connectivity index (χ1) is 21.3. The van der Waals surface area contributed by atoms with Crippen LogP contribution in [0.5, 0.6) is 17.2 Å². The third kappa shape index (κ3) is 5.89. The Labute approximate surface area is 259 Å². The number of dihydropyridines is 1. The maximum Gasteiger partial charge on any atom is 0.254 e. The van der Waals surface area contributed by atoms with E-state index in [-0.39, 0.29) is 17.6 Å². The lowest BCUT2D eigenvalue weighted by molar-refractivity contribution is -0.116. The van der Waals surface area contributed by atoms with E-state index in [2.05, 4.69) is 41.5 Å². The molecule has 3 aromatic rings. The van der Waals surface area contributed by atoms with Crippen LogP contribution in [0.4, 0.5) is 11.4 Å². The van der Waals surface area contributed by atoms with E-state index in [4.69, 9.17) is 14.2 Å². The summed E-state index contributed by atoms with van der Waals surface area (Å²) in [4.78, 5) is 30.5. The molecule has 2 N–H and O–H groups in total. The van der Waals surface area contributed by atoms with Gasteiger partial charge in [-0.05, 0) is 80.6 Å². The SMILES string of the molecule is CCN(CC)c1ccc([C@H]2C(C(=O)Nc3ccccc3OC)=C(C)NC3=C2C(=O)C[C@@H](c2ccc(OC)c(OC)c2)C3)cc1. The molecule has 0 saturated heterocycles. The Morgan fingerprint density at radius 1 is 0.864 bits per heavy atom. The fourth-order valence-corrected chi connectivity index (χ4v) is 6.42. The van der Waals surface area contributed by atoms with E-state index in [0.717, 1.165) is 41.3 Å². The van der Waals surface area contributed by atoms with Crippen molar-refractivity contribution >= 4 is 23.1 Å². The minimum Gasteiger partial charge on any atom is -0.495 e. The Balaban J connectivity index is 1.56. The van der Waals surface area contributed by atoms with Crippen LogP contribution >= 0.6 is 0 Å². The summed E-state index contributed by atoms with van der Waals surface area (Å²) < 4.78 is 16.4.